The largest absolute Gasteiger partial charge is 0.342 e. The molecule has 3 amide bonds. The molecule has 0 N–H and O–H groups in total. The lowest BCUT2D eigenvalue weighted by Gasteiger charge is -2.34. The van der Waals surface area contributed by atoms with Crippen LogP contribution in [0.25, 0.3) is 6.08 Å². The number of likely N-dealkylation sites (tertiary alicyclic amines) is 1. The maximum atomic E-state index is 14.2. The summed E-state index contributed by atoms with van der Waals surface area (Å²) in [5, 5.41) is 2.05. The number of thiazole rings is 1. The van der Waals surface area contributed by atoms with Crippen LogP contribution >= 0.6 is 11.3 Å². The number of amides is 3. The van der Waals surface area contributed by atoms with E-state index in [0.29, 0.717) is 43.5 Å². The van der Waals surface area contributed by atoms with Gasteiger partial charge in [0, 0.05) is 57.6 Å². The SMILES string of the molecule is CC(=O)N(c1nc(C=CC(=O)N2CCN(CC(=O)N3CCCC3)CC2)cs1)c1ccccc1F. The van der Waals surface area contributed by atoms with Crippen LogP contribution in [0.15, 0.2) is 35.7 Å². The molecule has 2 aromatic rings. The Kier molecular flexibility index (Phi) is 7.69. The van der Waals surface area contributed by atoms with Gasteiger partial charge in [-0.05, 0) is 31.1 Å². The predicted octanol–water partition coefficient (Wildman–Crippen LogP) is 2.75. The smallest absolute Gasteiger partial charge is 0.246 e. The number of carbonyl (C=O) groups excluding carboxylic acids is 3. The van der Waals surface area contributed by atoms with Gasteiger partial charge in [-0.3, -0.25) is 24.2 Å². The van der Waals surface area contributed by atoms with Crippen LogP contribution in [-0.2, 0) is 14.4 Å². The van der Waals surface area contributed by atoms with Gasteiger partial charge in [0.2, 0.25) is 17.7 Å². The van der Waals surface area contributed by atoms with E-state index in [2.05, 4.69) is 9.88 Å². The molecule has 8 nitrogen and oxygen atoms in total. The van der Waals surface area contributed by atoms with Crippen molar-refractivity contribution in [3.8, 4) is 0 Å². The molecular formula is C24H28FN5O3S. The summed E-state index contributed by atoms with van der Waals surface area (Å²) in [5.41, 5.74) is 0.655. The Morgan fingerprint density at radius 2 is 1.76 bits per heavy atom. The lowest BCUT2D eigenvalue weighted by molar-refractivity contribution is -0.132. The standard InChI is InChI=1S/C24H28FN5O3S/c1-18(31)30(21-7-3-2-6-20(21)25)24-26-19(17-34-24)8-9-22(32)29-14-12-27(13-15-29)16-23(33)28-10-4-5-11-28/h2-3,6-9,17H,4-5,10-16H2,1H3. The number of benzene rings is 1. The molecule has 2 fully saturated rings. The van der Waals surface area contributed by atoms with Gasteiger partial charge in [-0.15, -0.1) is 11.3 Å². The molecule has 4 rings (SSSR count). The van der Waals surface area contributed by atoms with Gasteiger partial charge in [-0.1, -0.05) is 12.1 Å². The minimum Gasteiger partial charge on any atom is -0.342 e. The second-order valence-electron chi connectivity index (χ2n) is 8.38. The van der Waals surface area contributed by atoms with Gasteiger partial charge in [-0.2, -0.15) is 0 Å². The zero-order chi connectivity index (χ0) is 24.1. The number of aromatic nitrogens is 1. The number of piperazine rings is 1. The highest BCUT2D eigenvalue weighted by atomic mass is 32.1. The second kappa shape index (κ2) is 10.9. The van der Waals surface area contributed by atoms with Crippen LogP contribution in [0.3, 0.4) is 0 Å². The second-order valence-corrected chi connectivity index (χ2v) is 9.22. The topological polar surface area (TPSA) is 77.1 Å². The number of hydrogen-bond donors (Lipinski definition) is 0. The Morgan fingerprint density at radius 3 is 2.44 bits per heavy atom. The van der Waals surface area contributed by atoms with Gasteiger partial charge in [0.05, 0.1) is 17.9 Å². The highest BCUT2D eigenvalue weighted by Crippen LogP contribution is 2.31. The molecule has 0 saturated carbocycles. The molecule has 0 spiro atoms. The molecule has 0 unspecified atom stereocenters. The predicted molar refractivity (Wildman–Crippen MR) is 129 cm³/mol. The summed E-state index contributed by atoms with van der Waals surface area (Å²) in [5.74, 6) is -0.822. The van der Waals surface area contributed by atoms with Crippen molar-refractivity contribution >= 4 is 46.0 Å². The first-order valence-electron chi connectivity index (χ1n) is 11.4. The average Bonchev–Trinajstić information content (AvgIpc) is 3.52. The molecule has 2 saturated heterocycles. The first kappa shape index (κ1) is 24.0. The fourth-order valence-corrected chi connectivity index (χ4v) is 4.99. The van der Waals surface area contributed by atoms with Gasteiger partial charge in [0.25, 0.3) is 0 Å². The van der Waals surface area contributed by atoms with Crippen LogP contribution in [0, 0.1) is 5.82 Å². The lowest BCUT2D eigenvalue weighted by atomic mass is 10.3. The van der Waals surface area contributed by atoms with E-state index in [-0.39, 0.29) is 23.4 Å². The highest BCUT2D eigenvalue weighted by Gasteiger charge is 2.25. The first-order valence-corrected chi connectivity index (χ1v) is 12.3. The third kappa shape index (κ3) is 5.68. The molecule has 10 heteroatoms. The Hall–Kier alpha value is -3.11. The van der Waals surface area contributed by atoms with E-state index in [1.54, 1.807) is 28.5 Å². The van der Waals surface area contributed by atoms with Crippen molar-refractivity contribution < 1.29 is 18.8 Å². The van der Waals surface area contributed by atoms with Crippen molar-refractivity contribution in [2.24, 2.45) is 0 Å². The van der Waals surface area contributed by atoms with E-state index in [9.17, 15) is 18.8 Å². The Morgan fingerprint density at radius 1 is 1.06 bits per heavy atom. The molecule has 1 aromatic carbocycles. The molecule has 1 aromatic heterocycles. The number of hydrogen-bond acceptors (Lipinski definition) is 6. The molecule has 34 heavy (non-hydrogen) atoms. The van der Waals surface area contributed by atoms with Gasteiger partial charge >= 0.3 is 0 Å². The van der Waals surface area contributed by atoms with Crippen molar-refractivity contribution in [3.05, 3.63) is 47.2 Å². The number of nitrogens with zero attached hydrogens (tertiary/aromatic N) is 5. The van der Waals surface area contributed by atoms with Crippen LogP contribution in [-0.4, -0.2) is 83.2 Å². The summed E-state index contributed by atoms with van der Waals surface area (Å²) in [6.45, 7) is 5.91. The minimum atomic E-state index is -0.513. The minimum absolute atomic E-state index is 0.127. The van der Waals surface area contributed by atoms with Crippen LogP contribution in [0.5, 0.6) is 0 Å². The fourth-order valence-electron chi connectivity index (χ4n) is 4.14. The Balaban J connectivity index is 1.32. The van der Waals surface area contributed by atoms with E-state index in [1.165, 1.54) is 41.4 Å². The van der Waals surface area contributed by atoms with Gasteiger partial charge in [0.1, 0.15) is 5.82 Å². The van der Waals surface area contributed by atoms with Crippen LogP contribution < -0.4 is 4.90 Å². The molecule has 180 valence electrons. The molecule has 0 bridgehead atoms. The van der Waals surface area contributed by atoms with Gasteiger partial charge < -0.3 is 9.80 Å². The number of anilines is 2. The summed E-state index contributed by atoms with van der Waals surface area (Å²) in [4.78, 5) is 48.5. The summed E-state index contributed by atoms with van der Waals surface area (Å²) in [6, 6.07) is 6.03. The fraction of sp³-hybridized carbons (Fsp3) is 0.417. The summed E-state index contributed by atoms with van der Waals surface area (Å²) in [6.07, 6.45) is 5.23. The molecule has 0 radical (unpaired) electrons. The van der Waals surface area contributed by atoms with Crippen molar-refractivity contribution in [1.82, 2.24) is 19.7 Å². The number of carbonyl (C=O) groups is 3. The third-order valence-corrected chi connectivity index (χ3v) is 6.85. The molecule has 3 heterocycles. The van der Waals surface area contributed by atoms with Crippen molar-refractivity contribution in [2.45, 2.75) is 19.8 Å². The van der Waals surface area contributed by atoms with E-state index in [1.807, 2.05) is 4.90 Å². The number of rotatable bonds is 6. The molecule has 0 aliphatic carbocycles. The quantitative estimate of drug-likeness (QED) is 0.588. The molecular weight excluding hydrogens is 457 g/mol. The molecule has 2 aliphatic heterocycles. The molecule has 0 atom stereocenters. The van der Waals surface area contributed by atoms with E-state index in [0.717, 1.165) is 25.9 Å². The van der Waals surface area contributed by atoms with E-state index < -0.39 is 5.82 Å². The lowest BCUT2D eigenvalue weighted by Crippen LogP contribution is -2.51. The monoisotopic (exact) mass is 485 g/mol. The zero-order valence-corrected chi connectivity index (χ0v) is 20.0. The maximum absolute atomic E-state index is 14.2. The van der Waals surface area contributed by atoms with E-state index in [4.69, 9.17) is 0 Å². The maximum Gasteiger partial charge on any atom is 0.246 e. The van der Waals surface area contributed by atoms with Crippen molar-refractivity contribution in [1.29, 1.82) is 0 Å². The first-order chi connectivity index (χ1) is 16.4. The van der Waals surface area contributed by atoms with Crippen LogP contribution in [0.4, 0.5) is 15.2 Å². The van der Waals surface area contributed by atoms with Crippen LogP contribution in [0.1, 0.15) is 25.5 Å². The third-order valence-electron chi connectivity index (χ3n) is 6.01. The van der Waals surface area contributed by atoms with Gasteiger partial charge in [0.15, 0.2) is 5.13 Å². The Labute approximate surface area is 202 Å². The summed E-state index contributed by atoms with van der Waals surface area (Å²) >= 11 is 1.20. The Bertz CT molecular complexity index is 1070. The highest BCUT2D eigenvalue weighted by molar-refractivity contribution is 7.14. The normalized spacial score (nSPS) is 16.9. The summed E-state index contributed by atoms with van der Waals surface area (Å²) < 4.78 is 14.2. The number of para-hydroxylation sites is 1. The van der Waals surface area contributed by atoms with Crippen LogP contribution in [0.2, 0.25) is 0 Å². The van der Waals surface area contributed by atoms with E-state index >= 15 is 0 Å². The average molecular weight is 486 g/mol. The van der Waals surface area contributed by atoms with Crippen molar-refractivity contribution in [3.63, 3.8) is 0 Å². The zero-order valence-electron chi connectivity index (χ0n) is 19.2. The molecule has 2 aliphatic rings. The van der Waals surface area contributed by atoms with Gasteiger partial charge in [-0.25, -0.2) is 9.37 Å². The summed E-state index contributed by atoms with van der Waals surface area (Å²) in [7, 11) is 0. The number of halogens is 1. The van der Waals surface area contributed by atoms with Crippen molar-refractivity contribution in [2.75, 3.05) is 50.7 Å².